The molecule has 0 bridgehead atoms. The Hall–Kier alpha value is -2.50. The second-order valence-corrected chi connectivity index (χ2v) is 8.60. The van der Waals surface area contributed by atoms with Crippen molar-refractivity contribution in [1.29, 1.82) is 0 Å². The van der Waals surface area contributed by atoms with Crippen LogP contribution >= 0.6 is 11.6 Å². The van der Waals surface area contributed by atoms with Crippen molar-refractivity contribution in [2.24, 2.45) is 0 Å². The molecule has 1 aliphatic rings. The van der Waals surface area contributed by atoms with Crippen molar-refractivity contribution in [1.82, 2.24) is 0 Å². The molecule has 0 amide bonds. The molecule has 138 valence electrons. The summed E-state index contributed by atoms with van der Waals surface area (Å²) >= 11 is 6.48. The van der Waals surface area contributed by atoms with E-state index in [1.165, 1.54) is 4.31 Å². The largest absolute Gasteiger partial charge is 0.497 e. The fraction of sp³-hybridized carbons (Fsp3) is 0.143. The molecule has 0 N–H and O–H groups in total. The molecule has 1 unspecified atom stereocenters. The Balaban J connectivity index is 1.94. The van der Waals surface area contributed by atoms with Crippen LogP contribution in [0, 0.1) is 0 Å². The highest BCUT2D eigenvalue weighted by Crippen LogP contribution is 2.49. The van der Waals surface area contributed by atoms with Gasteiger partial charge in [0, 0.05) is 5.56 Å². The molecule has 0 radical (unpaired) electrons. The van der Waals surface area contributed by atoms with Crippen LogP contribution in [-0.4, -0.2) is 15.5 Å². The van der Waals surface area contributed by atoms with Gasteiger partial charge in [0.25, 0.3) is 10.0 Å². The third-order valence-electron chi connectivity index (χ3n) is 4.88. The zero-order valence-corrected chi connectivity index (χ0v) is 16.5. The normalized spacial score (nSPS) is 15.8. The van der Waals surface area contributed by atoms with Gasteiger partial charge in [-0.15, -0.1) is 0 Å². The molecule has 4 rings (SSSR count). The van der Waals surface area contributed by atoms with Crippen LogP contribution in [0.3, 0.4) is 0 Å². The van der Waals surface area contributed by atoms with Crippen LogP contribution in [-0.2, 0) is 10.0 Å². The first-order valence-electron chi connectivity index (χ1n) is 8.51. The second kappa shape index (κ2) is 6.59. The zero-order valence-electron chi connectivity index (χ0n) is 14.9. The van der Waals surface area contributed by atoms with Gasteiger partial charge in [-0.25, -0.2) is 8.42 Å². The van der Waals surface area contributed by atoms with E-state index in [1.807, 2.05) is 31.2 Å². The lowest BCUT2D eigenvalue weighted by Crippen LogP contribution is -2.36. The summed E-state index contributed by atoms with van der Waals surface area (Å²) in [5.74, 6) is 0.606. The Kier molecular flexibility index (Phi) is 4.36. The number of rotatable bonds is 3. The summed E-state index contributed by atoms with van der Waals surface area (Å²) in [6, 6.07) is 19.2. The number of nitrogens with zero attached hydrogens (tertiary/aromatic N) is 1. The second-order valence-electron chi connectivity index (χ2n) is 6.37. The highest BCUT2D eigenvalue weighted by atomic mass is 35.5. The summed E-state index contributed by atoms with van der Waals surface area (Å²) in [7, 11) is -2.24. The molecule has 1 atom stereocenters. The van der Waals surface area contributed by atoms with E-state index in [2.05, 4.69) is 0 Å². The van der Waals surface area contributed by atoms with Crippen LogP contribution in [0.15, 0.2) is 71.6 Å². The summed E-state index contributed by atoms with van der Waals surface area (Å²) in [4.78, 5) is 0.209. The highest BCUT2D eigenvalue weighted by molar-refractivity contribution is 7.92. The minimum Gasteiger partial charge on any atom is -0.497 e. The van der Waals surface area contributed by atoms with Crippen LogP contribution in [0.4, 0.5) is 5.69 Å². The Morgan fingerprint density at radius 2 is 1.67 bits per heavy atom. The first-order chi connectivity index (χ1) is 12.9. The predicted molar refractivity (Wildman–Crippen MR) is 108 cm³/mol. The number of sulfonamides is 1. The van der Waals surface area contributed by atoms with Gasteiger partial charge in [0.15, 0.2) is 0 Å². The third-order valence-corrected chi connectivity index (χ3v) is 7.09. The maximum Gasteiger partial charge on any atom is 0.264 e. The average Bonchev–Trinajstić information content (AvgIpc) is 2.68. The van der Waals surface area contributed by atoms with Crippen molar-refractivity contribution in [3.05, 3.63) is 77.3 Å². The molecule has 1 aliphatic heterocycles. The molecular weight excluding hydrogens is 382 g/mol. The smallest absolute Gasteiger partial charge is 0.264 e. The highest BCUT2D eigenvalue weighted by Gasteiger charge is 2.37. The van der Waals surface area contributed by atoms with Gasteiger partial charge in [-0.3, -0.25) is 4.31 Å². The van der Waals surface area contributed by atoms with E-state index in [4.69, 9.17) is 16.3 Å². The number of hydrogen-bond donors (Lipinski definition) is 0. The van der Waals surface area contributed by atoms with E-state index in [0.717, 1.165) is 16.7 Å². The Labute approximate surface area is 164 Å². The maximum atomic E-state index is 13.5. The number of hydrogen-bond acceptors (Lipinski definition) is 3. The van der Waals surface area contributed by atoms with Crippen LogP contribution in [0.1, 0.15) is 18.5 Å². The van der Waals surface area contributed by atoms with Crippen molar-refractivity contribution >= 4 is 27.3 Å². The van der Waals surface area contributed by atoms with Crippen molar-refractivity contribution in [3.8, 4) is 16.9 Å². The molecule has 6 heteroatoms. The fourth-order valence-corrected chi connectivity index (χ4v) is 5.51. The summed E-state index contributed by atoms with van der Waals surface area (Å²) in [5, 5.41) is 0.529. The third kappa shape index (κ3) is 2.78. The number of anilines is 1. The molecule has 0 saturated carbocycles. The van der Waals surface area contributed by atoms with E-state index < -0.39 is 10.0 Å². The topological polar surface area (TPSA) is 46.6 Å². The lowest BCUT2D eigenvalue weighted by atomic mass is 9.90. The van der Waals surface area contributed by atoms with Gasteiger partial charge in [-0.05, 0) is 54.4 Å². The van der Waals surface area contributed by atoms with Crippen molar-refractivity contribution < 1.29 is 13.2 Å². The van der Waals surface area contributed by atoms with Gasteiger partial charge in [-0.2, -0.15) is 0 Å². The number of halogens is 1. The fourth-order valence-electron chi connectivity index (χ4n) is 3.59. The summed E-state index contributed by atoms with van der Waals surface area (Å²) in [6.07, 6.45) is 0. The molecule has 0 aliphatic carbocycles. The Morgan fingerprint density at radius 3 is 2.37 bits per heavy atom. The van der Waals surface area contributed by atoms with E-state index in [-0.39, 0.29) is 10.9 Å². The van der Waals surface area contributed by atoms with Gasteiger partial charge in [0.1, 0.15) is 5.75 Å². The molecule has 1 heterocycles. The number of ether oxygens (including phenoxy) is 1. The molecule has 27 heavy (non-hydrogen) atoms. The quantitative estimate of drug-likeness (QED) is 0.601. The van der Waals surface area contributed by atoms with E-state index in [1.54, 1.807) is 49.6 Å². The summed E-state index contributed by atoms with van der Waals surface area (Å²) in [5.41, 5.74) is 3.22. The molecule has 3 aromatic carbocycles. The summed E-state index contributed by atoms with van der Waals surface area (Å²) < 4.78 is 33.6. The van der Waals surface area contributed by atoms with Crippen molar-refractivity contribution in [3.63, 3.8) is 0 Å². The predicted octanol–water partition coefficient (Wildman–Crippen LogP) is 5.29. The molecule has 4 nitrogen and oxygen atoms in total. The summed E-state index contributed by atoms with van der Waals surface area (Å²) in [6.45, 7) is 1.89. The first kappa shape index (κ1) is 17.9. The minimum absolute atomic E-state index is 0.209. The average molecular weight is 400 g/mol. The van der Waals surface area contributed by atoms with Crippen molar-refractivity contribution in [2.45, 2.75) is 17.9 Å². The van der Waals surface area contributed by atoms with Crippen molar-refractivity contribution in [2.75, 3.05) is 11.4 Å². The van der Waals surface area contributed by atoms with Gasteiger partial charge in [-0.1, -0.05) is 41.9 Å². The van der Waals surface area contributed by atoms with Gasteiger partial charge < -0.3 is 4.74 Å². The lowest BCUT2D eigenvalue weighted by molar-refractivity contribution is 0.414. The van der Waals surface area contributed by atoms with Gasteiger partial charge in [0.2, 0.25) is 0 Å². The maximum absolute atomic E-state index is 13.5. The molecular formula is C21H18ClNO3S. The number of fused-ring (bicyclic) bond motifs is 3. The van der Waals surface area contributed by atoms with E-state index in [9.17, 15) is 8.42 Å². The molecule has 0 fully saturated rings. The minimum atomic E-state index is -3.79. The molecule has 0 saturated heterocycles. The molecule has 0 spiro atoms. The Morgan fingerprint density at radius 1 is 0.963 bits per heavy atom. The lowest BCUT2D eigenvalue weighted by Gasteiger charge is -2.37. The van der Waals surface area contributed by atoms with Crippen LogP contribution in [0.2, 0.25) is 5.02 Å². The first-order valence-corrected chi connectivity index (χ1v) is 10.3. The molecule has 0 aromatic heterocycles. The Bertz CT molecular complexity index is 1110. The molecule has 3 aromatic rings. The standard InChI is InChI=1S/C21H18ClNO3S/c1-14-17-6-3-4-7-18(17)21-19(22)8-5-9-20(21)23(14)27(24,25)16-12-10-15(26-2)11-13-16/h3-14H,1-2H3. The van der Waals surface area contributed by atoms with Crippen LogP contribution < -0.4 is 9.04 Å². The van der Waals surface area contributed by atoms with Gasteiger partial charge in [0.05, 0.1) is 28.8 Å². The van der Waals surface area contributed by atoms with Crippen LogP contribution in [0.25, 0.3) is 11.1 Å². The van der Waals surface area contributed by atoms with Crippen LogP contribution in [0.5, 0.6) is 5.75 Å². The van der Waals surface area contributed by atoms with E-state index >= 15 is 0 Å². The van der Waals surface area contributed by atoms with E-state index in [0.29, 0.717) is 16.5 Å². The monoisotopic (exact) mass is 399 g/mol. The van der Waals surface area contributed by atoms with Gasteiger partial charge >= 0.3 is 0 Å². The zero-order chi connectivity index (χ0) is 19.2. The number of methoxy groups -OCH3 is 1. The SMILES string of the molecule is COc1ccc(S(=O)(=O)N2c3cccc(Cl)c3-c3ccccc3C2C)cc1. The number of benzene rings is 3.